The van der Waals surface area contributed by atoms with Crippen LogP contribution in [0, 0.1) is 6.92 Å². The van der Waals surface area contributed by atoms with E-state index in [0.717, 1.165) is 35.9 Å². The van der Waals surface area contributed by atoms with E-state index in [2.05, 4.69) is 36.5 Å². The van der Waals surface area contributed by atoms with E-state index >= 15 is 0 Å². The van der Waals surface area contributed by atoms with Gasteiger partial charge in [-0.1, -0.05) is 41.9 Å². The molecule has 0 fully saturated rings. The summed E-state index contributed by atoms with van der Waals surface area (Å²) in [5.74, 6) is 0. The number of aryl methyl sites for hydroxylation is 2. The Morgan fingerprint density at radius 1 is 1.16 bits per heavy atom. The van der Waals surface area contributed by atoms with Crippen molar-refractivity contribution in [2.45, 2.75) is 39.3 Å². The van der Waals surface area contributed by atoms with Crippen LogP contribution in [0.15, 0.2) is 57.7 Å². The molecule has 2 N–H and O–H groups in total. The molecule has 25 heavy (non-hydrogen) atoms. The largest absolute Gasteiger partial charge is 0.423 e. The van der Waals surface area contributed by atoms with Crippen LogP contribution in [0.5, 0.6) is 0 Å². The minimum atomic E-state index is -0.311. The van der Waals surface area contributed by atoms with Crippen molar-refractivity contribution in [3.63, 3.8) is 0 Å². The fourth-order valence-electron chi connectivity index (χ4n) is 3.00. The highest BCUT2D eigenvalue weighted by Gasteiger charge is 2.12. The van der Waals surface area contributed by atoms with Crippen LogP contribution in [0.4, 0.5) is 0 Å². The van der Waals surface area contributed by atoms with Gasteiger partial charge in [-0.2, -0.15) is 0 Å². The van der Waals surface area contributed by atoms with Gasteiger partial charge in [0.1, 0.15) is 12.1 Å². The number of benzene rings is 2. The predicted octanol–water partition coefficient (Wildman–Crippen LogP) is 3.84. The summed E-state index contributed by atoms with van der Waals surface area (Å²) in [6, 6.07) is 16.3. The number of nitrogens with two attached hydrogens (primary N) is 1. The highest BCUT2D eigenvalue weighted by atomic mass is 35.5. The maximum atomic E-state index is 11.8. The van der Waals surface area contributed by atoms with E-state index < -0.39 is 0 Å². The van der Waals surface area contributed by atoms with Gasteiger partial charge in [-0.05, 0) is 43.5 Å². The molecule has 0 amide bonds. The Balaban J connectivity index is 1.70. The van der Waals surface area contributed by atoms with Crippen LogP contribution in [-0.2, 0) is 13.0 Å². The molecule has 1 aromatic heterocycles. The molecule has 0 saturated heterocycles. The van der Waals surface area contributed by atoms with Crippen molar-refractivity contribution in [1.82, 2.24) is 0 Å². The van der Waals surface area contributed by atoms with Crippen molar-refractivity contribution in [3.05, 3.63) is 80.7 Å². The van der Waals surface area contributed by atoms with Crippen molar-refractivity contribution in [2.24, 2.45) is 0 Å². The number of rotatable bonds is 6. The lowest BCUT2D eigenvalue weighted by Crippen LogP contribution is -2.87. The van der Waals surface area contributed by atoms with Gasteiger partial charge in [0.2, 0.25) is 0 Å². The van der Waals surface area contributed by atoms with Crippen LogP contribution in [0.3, 0.4) is 0 Å². The Hall–Kier alpha value is -2.10. The summed E-state index contributed by atoms with van der Waals surface area (Å²) >= 11 is 6.25. The lowest BCUT2D eigenvalue weighted by Gasteiger charge is -2.12. The second-order valence-corrected chi connectivity index (χ2v) is 7.04. The van der Waals surface area contributed by atoms with E-state index in [9.17, 15) is 4.79 Å². The van der Waals surface area contributed by atoms with Crippen LogP contribution in [-0.4, -0.2) is 6.04 Å². The molecule has 0 saturated carbocycles. The third-order valence-electron chi connectivity index (χ3n) is 4.58. The molecule has 130 valence electrons. The highest BCUT2D eigenvalue weighted by Crippen LogP contribution is 2.24. The van der Waals surface area contributed by atoms with Crippen molar-refractivity contribution in [2.75, 3.05) is 0 Å². The zero-order valence-corrected chi connectivity index (χ0v) is 15.3. The van der Waals surface area contributed by atoms with Gasteiger partial charge in [0.15, 0.2) is 0 Å². The summed E-state index contributed by atoms with van der Waals surface area (Å²) < 4.78 is 5.32. The number of halogens is 1. The molecule has 0 aliphatic rings. The summed E-state index contributed by atoms with van der Waals surface area (Å²) in [5, 5.41) is 3.88. The molecule has 4 heteroatoms. The first-order valence-electron chi connectivity index (χ1n) is 8.63. The minimum Gasteiger partial charge on any atom is -0.423 e. The third-order valence-corrected chi connectivity index (χ3v) is 4.99. The summed E-state index contributed by atoms with van der Waals surface area (Å²) in [4.78, 5) is 11.8. The monoisotopic (exact) mass is 356 g/mol. The molecule has 0 aliphatic heterocycles. The van der Waals surface area contributed by atoms with Gasteiger partial charge in [-0.3, -0.25) is 0 Å². The lowest BCUT2D eigenvalue weighted by atomic mass is 10.0. The number of fused-ring (bicyclic) bond motifs is 1. The van der Waals surface area contributed by atoms with E-state index in [1.165, 1.54) is 5.56 Å². The van der Waals surface area contributed by atoms with Gasteiger partial charge in [0.25, 0.3) is 0 Å². The first-order valence-corrected chi connectivity index (χ1v) is 9.01. The number of quaternary nitrogens is 1. The Morgan fingerprint density at radius 3 is 2.68 bits per heavy atom. The molecular weight excluding hydrogens is 334 g/mol. The summed E-state index contributed by atoms with van der Waals surface area (Å²) in [5.41, 5.74) is 3.54. The highest BCUT2D eigenvalue weighted by molar-refractivity contribution is 6.32. The molecule has 0 unspecified atom stereocenters. The molecule has 2 aromatic carbocycles. The maximum Gasteiger partial charge on any atom is 0.336 e. The molecule has 3 rings (SSSR count). The van der Waals surface area contributed by atoms with Crippen LogP contribution in [0.1, 0.15) is 30.0 Å². The van der Waals surface area contributed by atoms with Crippen molar-refractivity contribution in [3.8, 4) is 0 Å². The predicted molar refractivity (Wildman–Crippen MR) is 102 cm³/mol. The normalized spacial score (nSPS) is 12.4. The standard InChI is InChI=1S/C21H22ClNO2/c1-14-10-20-18(12-19(14)22)17(11-21(24)25-20)13-23-15(2)8-9-16-6-4-3-5-7-16/h3-7,10-12,15,23H,8-9,13H2,1-2H3/p+1/t15-/m1/s1. The van der Waals surface area contributed by atoms with Crippen molar-refractivity contribution in [1.29, 1.82) is 0 Å². The van der Waals surface area contributed by atoms with Crippen molar-refractivity contribution < 1.29 is 9.73 Å². The van der Waals surface area contributed by atoms with Gasteiger partial charge in [-0.25, -0.2) is 4.79 Å². The molecule has 1 heterocycles. The second kappa shape index (κ2) is 7.85. The Bertz CT molecular complexity index is 918. The Kier molecular flexibility index (Phi) is 5.57. The van der Waals surface area contributed by atoms with E-state index in [-0.39, 0.29) is 5.63 Å². The first-order chi connectivity index (χ1) is 12.0. The van der Waals surface area contributed by atoms with Crippen LogP contribution in [0.2, 0.25) is 5.02 Å². The van der Waals surface area contributed by atoms with E-state index in [4.69, 9.17) is 16.0 Å². The van der Waals surface area contributed by atoms with Gasteiger partial charge in [-0.15, -0.1) is 0 Å². The molecule has 0 radical (unpaired) electrons. The van der Waals surface area contributed by atoms with Gasteiger partial charge >= 0.3 is 5.63 Å². The minimum absolute atomic E-state index is 0.311. The molecule has 0 bridgehead atoms. The quantitative estimate of drug-likeness (QED) is 0.682. The smallest absolute Gasteiger partial charge is 0.336 e. The topological polar surface area (TPSA) is 46.8 Å². The summed E-state index contributed by atoms with van der Waals surface area (Å²) in [6.07, 6.45) is 2.14. The fourth-order valence-corrected chi connectivity index (χ4v) is 3.17. The molecular formula is C21H23ClNO2+. The maximum absolute atomic E-state index is 11.8. The molecule has 3 aromatic rings. The van der Waals surface area contributed by atoms with Crippen LogP contribution in [0.25, 0.3) is 11.0 Å². The molecule has 0 spiro atoms. The molecule has 1 atom stereocenters. The van der Waals surface area contributed by atoms with Gasteiger partial charge in [0, 0.05) is 28.5 Å². The van der Waals surface area contributed by atoms with Gasteiger partial charge < -0.3 is 9.73 Å². The van der Waals surface area contributed by atoms with Crippen LogP contribution >= 0.6 is 11.6 Å². The van der Waals surface area contributed by atoms with E-state index in [0.29, 0.717) is 16.6 Å². The SMILES string of the molecule is Cc1cc2oc(=O)cc(C[NH2+][C@H](C)CCc3ccccc3)c2cc1Cl. The van der Waals surface area contributed by atoms with Crippen molar-refractivity contribution >= 4 is 22.6 Å². The molecule has 0 aliphatic carbocycles. The van der Waals surface area contributed by atoms with Gasteiger partial charge in [0.05, 0.1) is 6.04 Å². The number of hydrogen-bond acceptors (Lipinski definition) is 2. The third kappa shape index (κ3) is 4.50. The summed E-state index contributed by atoms with van der Waals surface area (Å²) in [6.45, 7) is 4.86. The summed E-state index contributed by atoms with van der Waals surface area (Å²) in [7, 11) is 0. The Morgan fingerprint density at radius 2 is 1.92 bits per heavy atom. The zero-order valence-electron chi connectivity index (χ0n) is 14.6. The van der Waals surface area contributed by atoms with Crippen LogP contribution < -0.4 is 10.9 Å². The number of hydrogen-bond donors (Lipinski definition) is 1. The average Bonchev–Trinajstić information content (AvgIpc) is 2.60. The Labute approximate surface area is 152 Å². The lowest BCUT2D eigenvalue weighted by molar-refractivity contribution is -0.701. The zero-order chi connectivity index (χ0) is 17.8. The van der Waals surface area contributed by atoms with E-state index in [1.54, 1.807) is 6.07 Å². The molecule has 3 nitrogen and oxygen atoms in total. The first kappa shape index (κ1) is 17.7. The van der Waals surface area contributed by atoms with E-state index in [1.807, 2.05) is 25.1 Å². The second-order valence-electron chi connectivity index (χ2n) is 6.63. The average molecular weight is 357 g/mol. The fraction of sp³-hybridized carbons (Fsp3) is 0.286.